The standard InChI is InChI=1S/C11H18N4O2/c1-14(2)4-5-15(3)7-10-9(11(16)17)6-12-8-13-10/h6,8H,4-5,7H2,1-3H3,(H,16,17). The number of rotatable bonds is 6. The summed E-state index contributed by atoms with van der Waals surface area (Å²) >= 11 is 0. The zero-order chi connectivity index (χ0) is 12.8. The van der Waals surface area contributed by atoms with Gasteiger partial charge < -0.3 is 10.0 Å². The lowest BCUT2D eigenvalue weighted by molar-refractivity contribution is 0.0693. The van der Waals surface area contributed by atoms with Crippen molar-refractivity contribution in [1.82, 2.24) is 19.8 Å². The minimum absolute atomic E-state index is 0.171. The first-order valence-corrected chi connectivity index (χ1v) is 5.36. The Balaban J connectivity index is 2.64. The highest BCUT2D eigenvalue weighted by atomic mass is 16.4. The number of likely N-dealkylation sites (N-methyl/N-ethyl adjacent to an activating group) is 2. The number of aromatic carboxylic acids is 1. The minimum Gasteiger partial charge on any atom is -0.478 e. The van der Waals surface area contributed by atoms with Crippen LogP contribution in [0.2, 0.25) is 0 Å². The summed E-state index contributed by atoms with van der Waals surface area (Å²) in [5, 5.41) is 8.99. The maximum atomic E-state index is 11.0. The summed E-state index contributed by atoms with van der Waals surface area (Å²) in [5.74, 6) is -0.985. The SMILES string of the molecule is CN(C)CCN(C)Cc1ncncc1C(=O)O. The van der Waals surface area contributed by atoms with Crippen LogP contribution >= 0.6 is 0 Å². The lowest BCUT2D eigenvalue weighted by Crippen LogP contribution is -2.29. The van der Waals surface area contributed by atoms with Crippen LogP contribution < -0.4 is 0 Å². The maximum absolute atomic E-state index is 11.0. The van der Waals surface area contributed by atoms with Crippen LogP contribution in [-0.2, 0) is 6.54 Å². The van der Waals surface area contributed by atoms with Gasteiger partial charge in [0.15, 0.2) is 0 Å². The average molecular weight is 238 g/mol. The number of aromatic nitrogens is 2. The summed E-state index contributed by atoms with van der Waals surface area (Å²) in [6, 6.07) is 0. The highest BCUT2D eigenvalue weighted by Gasteiger charge is 2.12. The van der Waals surface area contributed by atoms with E-state index in [2.05, 4.69) is 14.9 Å². The van der Waals surface area contributed by atoms with Crippen molar-refractivity contribution >= 4 is 5.97 Å². The van der Waals surface area contributed by atoms with Gasteiger partial charge in [-0.05, 0) is 21.1 Å². The largest absolute Gasteiger partial charge is 0.478 e. The molecule has 0 saturated heterocycles. The second kappa shape index (κ2) is 6.27. The Morgan fingerprint density at radius 1 is 1.35 bits per heavy atom. The molecule has 0 fully saturated rings. The van der Waals surface area contributed by atoms with E-state index in [9.17, 15) is 4.79 Å². The quantitative estimate of drug-likeness (QED) is 0.761. The fourth-order valence-electron chi connectivity index (χ4n) is 1.37. The van der Waals surface area contributed by atoms with E-state index in [1.165, 1.54) is 12.5 Å². The maximum Gasteiger partial charge on any atom is 0.339 e. The third kappa shape index (κ3) is 4.46. The molecule has 0 amide bonds. The molecule has 0 aliphatic carbocycles. The van der Waals surface area contributed by atoms with Crippen LogP contribution in [0.1, 0.15) is 16.1 Å². The zero-order valence-electron chi connectivity index (χ0n) is 10.4. The van der Waals surface area contributed by atoms with Crippen LogP contribution in [0.5, 0.6) is 0 Å². The highest BCUT2D eigenvalue weighted by Crippen LogP contribution is 2.06. The summed E-state index contributed by atoms with van der Waals surface area (Å²) in [4.78, 5) is 22.8. The summed E-state index contributed by atoms with van der Waals surface area (Å²) in [6.07, 6.45) is 2.71. The normalized spacial score (nSPS) is 11.1. The Morgan fingerprint density at radius 2 is 2.06 bits per heavy atom. The van der Waals surface area contributed by atoms with E-state index in [-0.39, 0.29) is 5.56 Å². The van der Waals surface area contributed by atoms with Crippen molar-refractivity contribution in [1.29, 1.82) is 0 Å². The Bertz CT molecular complexity index is 381. The molecule has 0 bridgehead atoms. The minimum atomic E-state index is -0.985. The molecule has 6 heteroatoms. The van der Waals surface area contributed by atoms with Crippen LogP contribution in [0.15, 0.2) is 12.5 Å². The molecule has 94 valence electrons. The average Bonchev–Trinajstić information content (AvgIpc) is 2.27. The molecular weight excluding hydrogens is 220 g/mol. The van der Waals surface area contributed by atoms with Gasteiger partial charge in [-0.25, -0.2) is 14.8 Å². The van der Waals surface area contributed by atoms with Crippen molar-refractivity contribution in [2.45, 2.75) is 6.54 Å². The molecule has 0 saturated carbocycles. The summed E-state index contributed by atoms with van der Waals surface area (Å²) in [7, 11) is 5.94. The topological polar surface area (TPSA) is 69.6 Å². The first-order chi connectivity index (χ1) is 8.00. The Hall–Kier alpha value is -1.53. The first kappa shape index (κ1) is 13.5. The zero-order valence-corrected chi connectivity index (χ0v) is 10.4. The monoisotopic (exact) mass is 238 g/mol. The van der Waals surface area contributed by atoms with Crippen LogP contribution in [0.4, 0.5) is 0 Å². The molecule has 1 aromatic rings. The number of nitrogens with zero attached hydrogens (tertiary/aromatic N) is 4. The Labute approximate surface area is 101 Å². The number of hydrogen-bond donors (Lipinski definition) is 1. The molecule has 1 N–H and O–H groups in total. The highest BCUT2D eigenvalue weighted by molar-refractivity contribution is 5.88. The van der Waals surface area contributed by atoms with E-state index < -0.39 is 5.97 Å². The molecule has 0 spiro atoms. The van der Waals surface area contributed by atoms with Gasteiger partial charge in [0, 0.05) is 25.8 Å². The molecule has 1 rings (SSSR count). The van der Waals surface area contributed by atoms with Gasteiger partial charge >= 0.3 is 5.97 Å². The number of hydrogen-bond acceptors (Lipinski definition) is 5. The number of carboxylic acids is 1. The van der Waals surface area contributed by atoms with E-state index in [1.54, 1.807) is 0 Å². The van der Waals surface area contributed by atoms with E-state index >= 15 is 0 Å². The fourth-order valence-corrected chi connectivity index (χ4v) is 1.37. The molecular formula is C11H18N4O2. The number of carbonyl (C=O) groups is 1. The van der Waals surface area contributed by atoms with Gasteiger partial charge in [-0.1, -0.05) is 0 Å². The van der Waals surface area contributed by atoms with Gasteiger partial charge in [0.2, 0.25) is 0 Å². The van der Waals surface area contributed by atoms with Crippen LogP contribution in [-0.4, -0.2) is 65.1 Å². The van der Waals surface area contributed by atoms with E-state index in [1.807, 2.05) is 26.0 Å². The van der Waals surface area contributed by atoms with Crippen molar-refractivity contribution in [2.75, 3.05) is 34.2 Å². The lowest BCUT2D eigenvalue weighted by Gasteiger charge is -2.19. The smallest absolute Gasteiger partial charge is 0.339 e. The number of carboxylic acid groups (broad SMARTS) is 1. The van der Waals surface area contributed by atoms with Crippen molar-refractivity contribution in [3.63, 3.8) is 0 Å². The van der Waals surface area contributed by atoms with Gasteiger partial charge in [0.25, 0.3) is 0 Å². The van der Waals surface area contributed by atoms with E-state index in [0.717, 1.165) is 13.1 Å². The van der Waals surface area contributed by atoms with Gasteiger partial charge in [-0.15, -0.1) is 0 Å². The lowest BCUT2D eigenvalue weighted by atomic mass is 10.2. The van der Waals surface area contributed by atoms with Gasteiger partial charge in [0.1, 0.15) is 11.9 Å². The molecule has 1 heterocycles. The Morgan fingerprint density at radius 3 is 2.65 bits per heavy atom. The molecule has 0 radical (unpaired) electrons. The predicted octanol–water partition coefficient (Wildman–Crippen LogP) is 0.168. The second-order valence-corrected chi connectivity index (χ2v) is 4.23. The van der Waals surface area contributed by atoms with E-state index in [4.69, 9.17) is 5.11 Å². The third-order valence-corrected chi connectivity index (χ3v) is 2.37. The van der Waals surface area contributed by atoms with Gasteiger partial charge in [-0.3, -0.25) is 4.90 Å². The predicted molar refractivity (Wildman–Crippen MR) is 63.9 cm³/mol. The van der Waals surface area contributed by atoms with Crippen LogP contribution in [0.3, 0.4) is 0 Å². The van der Waals surface area contributed by atoms with Crippen molar-refractivity contribution in [3.05, 3.63) is 23.8 Å². The van der Waals surface area contributed by atoms with Crippen LogP contribution in [0, 0.1) is 0 Å². The summed E-state index contributed by atoms with van der Waals surface area (Å²) in [6.45, 7) is 2.29. The van der Waals surface area contributed by atoms with Gasteiger partial charge in [-0.2, -0.15) is 0 Å². The molecule has 0 aliphatic heterocycles. The Kier molecular flexibility index (Phi) is 4.99. The van der Waals surface area contributed by atoms with Gasteiger partial charge in [0.05, 0.1) is 5.69 Å². The molecule has 0 aromatic carbocycles. The van der Waals surface area contributed by atoms with Crippen molar-refractivity contribution in [3.8, 4) is 0 Å². The molecule has 1 aromatic heterocycles. The van der Waals surface area contributed by atoms with Crippen molar-refractivity contribution < 1.29 is 9.90 Å². The molecule has 0 aliphatic rings. The summed E-state index contributed by atoms with van der Waals surface area (Å²) < 4.78 is 0. The van der Waals surface area contributed by atoms with E-state index in [0.29, 0.717) is 12.2 Å². The van der Waals surface area contributed by atoms with Crippen molar-refractivity contribution in [2.24, 2.45) is 0 Å². The first-order valence-electron chi connectivity index (χ1n) is 5.36. The molecule has 0 atom stereocenters. The third-order valence-electron chi connectivity index (χ3n) is 2.37. The fraction of sp³-hybridized carbons (Fsp3) is 0.545. The molecule has 6 nitrogen and oxygen atoms in total. The second-order valence-electron chi connectivity index (χ2n) is 4.23. The molecule has 0 unspecified atom stereocenters. The molecule has 17 heavy (non-hydrogen) atoms. The summed E-state index contributed by atoms with van der Waals surface area (Å²) in [5.41, 5.74) is 0.720. The van der Waals surface area contributed by atoms with Crippen LogP contribution in [0.25, 0.3) is 0 Å².